The van der Waals surface area contributed by atoms with Crippen LogP contribution in [-0.2, 0) is 4.79 Å². The lowest BCUT2D eigenvalue weighted by Crippen LogP contribution is -2.43. The third-order valence-corrected chi connectivity index (χ3v) is 4.52. The highest BCUT2D eigenvalue weighted by Crippen LogP contribution is 2.20. The number of urea groups is 1. The van der Waals surface area contributed by atoms with E-state index in [1.54, 1.807) is 12.1 Å². The normalized spacial score (nSPS) is 14.9. The van der Waals surface area contributed by atoms with Crippen molar-refractivity contribution in [3.05, 3.63) is 28.8 Å². The van der Waals surface area contributed by atoms with E-state index in [1.807, 2.05) is 13.0 Å². The number of hydrogen-bond donors (Lipinski definition) is 3. The predicted molar refractivity (Wildman–Crippen MR) is 97.5 cm³/mol. The number of rotatable bonds is 6. The van der Waals surface area contributed by atoms with Crippen LogP contribution in [0.5, 0.6) is 0 Å². The van der Waals surface area contributed by atoms with E-state index in [4.69, 9.17) is 11.6 Å². The Hall–Kier alpha value is -1.75. The Bertz CT molecular complexity index is 571. The van der Waals surface area contributed by atoms with E-state index < -0.39 is 0 Å². The van der Waals surface area contributed by atoms with Crippen molar-refractivity contribution < 1.29 is 9.59 Å². The molecular formula is C18H26ClN3O2. The summed E-state index contributed by atoms with van der Waals surface area (Å²) in [7, 11) is 0. The molecule has 0 aromatic heterocycles. The summed E-state index contributed by atoms with van der Waals surface area (Å²) in [6.07, 6.45) is 6.73. The Morgan fingerprint density at radius 3 is 2.71 bits per heavy atom. The van der Waals surface area contributed by atoms with Crippen molar-refractivity contribution >= 4 is 29.2 Å². The quantitative estimate of drug-likeness (QED) is 0.678. The molecule has 1 aromatic carbocycles. The van der Waals surface area contributed by atoms with Gasteiger partial charge in [-0.2, -0.15) is 0 Å². The molecule has 3 N–H and O–H groups in total. The molecule has 1 aliphatic rings. The number of aryl methyl sites for hydroxylation is 1. The highest BCUT2D eigenvalue weighted by molar-refractivity contribution is 6.31. The number of anilines is 1. The summed E-state index contributed by atoms with van der Waals surface area (Å²) in [5, 5.41) is 9.26. The van der Waals surface area contributed by atoms with Crippen LogP contribution in [-0.4, -0.2) is 24.5 Å². The fraction of sp³-hybridized carbons (Fsp3) is 0.556. The number of carbonyl (C=O) groups excluding carboxylic acids is 2. The summed E-state index contributed by atoms with van der Waals surface area (Å²) in [6, 6.07) is 5.57. The van der Waals surface area contributed by atoms with Crippen LogP contribution in [0.3, 0.4) is 0 Å². The van der Waals surface area contributed by atoms with Crippen LogP contribution in [0.4, 0.5) is 10.5 Å². The van der Waals surface area contributed by atoms with Crippen molar-refractivity contribution in [3.63, 3.8) is 0 Å². The first-order valence-electron chi connectivity index (χ1n) is 8.65. The molecule has 1 aliphatic carbocycles. The minimum atomic E-state index is -0.131. The van der Waals surface area contributed by atoms with E-state index in [9.17, 15) is 9.59 Å². The van der Waals surface area contributed by atoms with E-state index in [-0.39, 0.29) is 11.9 Å². The van der Waals surface area contributed by atoms with Gasteiger partial charge in [-0.25, -0.2) is 4.79 Å². The van der Waals surface area contributed by atoms with Crippen molar-refractivity contribution in [2.24, 2.45) is 0 Å². The monoisotopic (exact) mass is 351 g/mol. The molecule has 2 rings (SSSR count). The topological polar surface area (TPSA) is 70.2 Å². The molecule has 1 saturated carbocycles. The second-order valence-corrected chi connectivity index (χ2v) is 6.78. The van der Waals surface area contributed by atoms with Gasteiger partial charge in [-0.05, 0) is 43.9 Å². The maximum atomic E-state index is 12.0. The van der Waals surface area contributed by atoms with E-state index in [2.05, 4.69) is 16.0 Å². The average molecular weight is 352 g/mol. The van der Waals surface area contributed by atoms with Gasteiger partial charge in [0, 0.05) is 29.7 Å². The van der Waals surface area contributed by atoms with Crippen LogP contribution in [0.2, 0.25) is 5.02 Å². The van der Waals surface area contributed by atoms with E-state index in [0.717, 1.165) is 24.1 Å². The maximum absolute atomic E-state index is 12.0. The highest BCUT2D eigenvalue weighted by Gasteiger charge is 2.15. The van der Waals surface area contributed by atoms with Gasteiger partial charge < -0.3 is 16.0 Å². The molecule has 0 bridgehead atoms. The Morgan fingerprint density at radius 1 is 1.21 bits per heavy atom. The third kappa shape index (κ3) is 6.40. The van der Waals surface area contributed by atoms with Gasteiger partial charge in [-0.1, -0.05) is 36.9 Å². The third-order valence-electron chi connectivity index (χ3n) is 4.28. The Morgan fingerprint density at radius 2 is 1.96 bits per heavy atom. The number of benzene rings is 1. The molecule has 0 spiro atoms. The number of hydrogen-bond acceptors (Lipinski definition) is 2. The first kappa shape index (κ1) is 18.6. The zero-order chi connectivity index (χ0) is 17.4. The molecule has 5 nitrogen and oxygen atoms in total. The molecule has 1 aromatic rings. The van der Waals surface area contributed by atoms with Crippen LogP contribution in [0.1, 0.15) is 50.5 Å². The van der Waals surface area contributed by atoms with Gasteiger partial charge in [0.1, 0.15) is 0 Å². The van der Waals surface area contributed by atoms with Crippen LogP contribution in [0.25, 0.3) is 0 Å². The largest absolute Gasteiger partial charge is 0.338 e. The Kier molecular flexibility index (Phi) is 7.37. The predicted octanol–water partition coefficient (Wildman–Crippen LogP) is 4.00. The highest BCUT2D eigenvalue weighted by atomic mass is 35.5. The maximum Gasteiger partial charge on any atom is 0.315 e. The molecule has 1 fully saturated rings. The van der Waals surface area contributed by atoms with Crippen molar-refractivity contribution in [2.45, 2.75) is 57.9 Å². The lowest BCUT2D eigenvalue weighted by Gasteiger charge is -2.22. The molecule has 0 atom stereocenters. The summed E-state index contributed by atoms with van der Waals surface area (Å²) in [5.74, 6) is -0.0742. The SMILES string of the molecule is Cc1ccc(Cl)cc1NC(=O)CCCNC(=O)NC1CCCCC1. The lowest BCUT2D eigenvalue weighted by molar-refractivity contribution is -0.116. The van der Waals surface area contributed by atoms with Gasteiger partial charge in [0.2, 0.25) is 5.91 Å². The van der Waals surface area contributed by atoms with Crippen molar-refractivity contribution in [3.8, 4) is 0 Å². The molecule has 24 heavy (non-hydrogen) atoms. The van der Waals surface area contributed by atoms with Gasteiger partial charge in [-0.15, -0.1) is 0 Å². The van der Waals surface area contributed by atoms with E-state index in [0.29, 0.717) is 30.5 Å². The zero-order valence-corrected chi connectivity index (χ0v) is 14.9. The van der Waals surface area contributed by atoms with Gasteiger partial charge in [0.15, 0.2) is 0 Å². The molecule has 0 saturated heterocycles. The number of carbonyl (C=O) groups is 2. The summed E-state index contributed by atoms with van der Waals surface area (Å²) in [6.45, 7) is 2.41. The summed E-state index contributed by atoms with van der Waals surface area (Å²) < 4.78 is 0. The van der Waals surface area contributed by atoms with Gasteiger partial charge in [0.05, 0.1) is 0 Å². The Labute approximate surface area is 148 Å². The molecule has 0 heterocycles. The fourth-order valence-corrected chi connectivity index (χ4v) is 3.05. The standard InChI is InChI=1S/C18H26ClN3O2/c1-13-9-10-14(19)12-16(13)22-17(23)8-5-11-20-18(24)21-15-6-3-2-4-7-15/h9-10,12,15H,2-8,11H2,1H3,(H,22,23)(H2,20,21,24). The summed E-state index contributed by atoms with van der Waals surface area (Å²) in [5.41, 5.74) is 1.70. The Balaban J connectivity index is 1.62. The summed E-state index contributed by atoms with van der Waals surface area (Å²) >= 11 is 5.94. The van der Waals surface area contributed by atoms with Gasteiger partial charge in [-0.3, -0.25) is 4.79 Å². The fourth-order valence-electron chi connectivity index (χ4n) is 2.88. The van der Waals surface area contributed by atoms with Gasteiger partial charge in [0.25, 0.3) is 0 Å². The molecule has 132 valence electrons. The average Bonchev–Trinajstić information content (AvgIpc) is 2.56. The van der Waals surface area contributed by atoms with Crippen molar-refractivity contribution in [2.75, 3.05) is 11.9 Å². The molecular weight excluding hydrogens is 326 g/mol. The first-order valence-corrected chi connectivity index (χ1v) is 9.03. The molecule has 0 aliphatic heterocycles. The minimum absolute atomic E-state index is 0.0742. The first-order chi connectivity index (χ1) is 11.5. The molecule has 3 amide bonds. The van der Waals surface area contributed by atoms with Crippen LogP contribution < -0.4 is 16.0 Å². The molecule has 6 heteroatoms. The second-order valence-electron chi connectivity index (χ2n) is 6.35. The van der Waals surface area contributed by atoms with Crippen molar-refractivity contribution in [1.29, 1.82) is 0 Å². The molecule has 0 unspecified atom stereocenters. The number of nitrogens with one attached hydrogen (secondary N) is 3. The van der Waals surface area contributed by atoms with Crippen molar-refractivity contribution in [1.82, 2.24) is 10.6 Å². The van der Waals surface area contributed by atoms with Gasteiger partial charge >= 0.3 is 6.03 Å². The zero-order valence-electron chi connectivity index (χ0n) is 14.2. The van der Waals surface area contributed by atoms with Crippen LogP contribution >= 0.6 is 11.6 Å². The van der Waals surface area contributed by atoms with E-state index in [1.165, 1.54) is 19.3 Å². The summed E-state index contributed by atoms with van der Waals surface area (Å²) in [4.78, 5) is 23.7. The number of halogens is 1. The number of amides is 3. The van der Waals surface area contributed by atoms with Crippen LogP contribution in [0, 0.1) is 6.92 Å². The lowest BCUT2D eigenvalue weighted by atomic mass is 9.96. The minimum Gasteiger partial charge on any atom is -0.338 e. The second kappa shape index (κ2) is 9.52. The molecule has 0 radical (unpaired) electrons. The van der Waals surface area contributed by atoms with Crippen LogP contribution in [0.15, 0.2) is 18.2 Å². The van der Waals surface area contributed by atoms with E-state index >= 15 is 0 Å². The smallest absolute Gasteiger partial charge is 0.315 e.